The molecular weight excluding hydrogens is 220 g/mol. The van der Waals surface area contributed by atoms with Gasteiger partial charge in [-0.3, -0.25) is 0 Å². The number of aromatic nitrogens is 3. The molecule has 0 aliphatic rings. The summed E-state index contributed by atoms with van der Waals surface area (Å²) < 4.78 is 9.91. The molecule has 2 heterocycles. The number of pyridine rings is 1. The quantitative estimate of drug-likeness (QED) is 0.834. The van der Waals surface area contributed by atoms with E-state index >= 15 is 0 Å². The molecule has 0 bridgehead atoms. The lowest BCUT2D eigenvalue weighted by atomic mass is 10.3. The maximum atomic E-state index is 5.04. The monoisotopic (exact) mass is 234 g/mol. The van der Waals surface area contributed by atoms with Gasteiger partial charge in [0.05, 0.1) is 19.3 Å². The molecule has 0 saturated heterocycles. The summed E-state index contributed by atoms with van der Waals surface area (Å²) in [5.74, 6) is 1.83. The number of rotatable bonds is 5. The molecule has 0 radical (unpaired) electrons. The summed E-state index contributed by atoms with van der Waals surface area (Å²) in [5, 5.41) is 6.97. The van der Waals surface area contributed by atoms with Crippen molar-refractivity contribution in [3.63, 3.8) is 0 Å². The Morgan fingerprint density at radius 3 is 2.88 bits per heavy atom. The van der Waals surface area contributed by atoms with Crippen molar-refractivity contribution in [2.45, 2.75) is 20.0 Å². The lowest BCUT2D eigenvalue weighted by Gasteiger charge is -2.03. The summed E-state index contributed by atoms with van der Waals surface area (Å²) in [5.41, 5.74) is 0.907. The molecule has 0 aromatic carbocycles. The maximum Gasteiger partial charge on any atom is 0.223 e. The predicted molar refractivity (Wildman–Crippen MR) is 60.4 cm³/mol. The molecule has 6 nitrogen and oxygen atoms in total. The van der Waals surface area contributed by atoms with Gasteiger partial charge >= 0.3 is 0 Å². The first-order valence-corrected chi connectivity index (χ1v) is 5.28. The highest BCUT2D eigenvalue weighted by Gasteiger charge is 2.02. The number of methoxy groups -OCH3 is 1. The molecule has 0 aliphatic heterocycles. The average Bonchev–Trinajstić information content (AvgIpc) is 2.75. The highest BCUT2D eigenvalue weighted by atomic mass is 16.5. The van der Waals surface area contributed by atoms with Crippen LogP contribution in [0.25, 0.3) is 0 Å². The largest absolute Gasteiger partial charge is 0.481 e. The van der Waals surface area contributed by atoms with Gasteiger partial charge < -0.3 is 14.6 Å². The molecule has 17 heavy (non-hydrogen) atoms. The van der Waals surface area contributed by atoms with Crippen LogP contribution in [0.5, 0.6) is 5.88 Å². The SMILES string of the molecule is COc1cccc(CNCc2noc(C)n2)n1. The van der Waals surface area contributed by atoms with E-state index in [1.165, 1.54) is 0 Å². The van der Waals surface area contributed by atoms with Crippen LogP contribution in [-0.4, -0.2) is 22.2 Å². The van der Waals surface area contributed by atoms with Crippen molar-refractivity contribution in [2.75, 3.05) is 7.11 Å². The second kappa shape index (κ2) is 5.40. The fourth-order valence-electron chi connectivity index (χ4n) is 1.39. The minimum Gasteiger partial charge on any atom is -0.481 e. The third kappa shape index (κ3) is 3.25. The van der Waals surface area contributed by atoms with Crippen LogP contribution in [0.1, 0.15) is 17.4 Å². The summed E-state index contributed by atoms with van der Waals surface area (Å²) in [6, 6.07) is 5.64. The van der Waals surface area contributed by atoms with Crippen LogP contribution in [-0.2, 0) is 13.1 Å². The van der Waals surface area contributed by atoms with Crippen LogP contribution >= 0.6 is 0 Å². The van der Waals surface area contributed by atoms with E-state index in [-0.39, 0.29) is 0 Å². The molecule has 0 atom stereocenters. The second-order valence-electron chi connectivity index (χ2n) is 3.50. The van der Waals surface area contributed by atoms with Crippen LogP contribution in [0.3, 0.4) is 0 Å². The smallest absolute Gasteiger partial charge is 0.223 e. The Hall–Kier alpha value is -1.95. The summed E-state index contributed by atoms with van der Waals surface area (Å²) in [6.07, 6.45) is 0. The molecule has 0 unspecified atom stereocenters. The minimum atomic E-state index is 0.552. The van der Waals surface area contributed by atoms with Crippen molar-refractivity contribution in [1.82, 2.24) is 20.4 Å². The van der Waals surface area contributed by atoms with Crippen LogP contribution in [0.15, 0.2) is 22.7 Å². The third-order valence-corrected chi connectivity index (χ3v) is 2.15. The van der Waals surface area contributed by atoms with E-state index in [4.69, 9.17) is 9.26 Å². The van der Waals surface area contributed by atoms with Gasteiger partial charge in [0.15, 0.2) is 5.82 Å². The van der Waals surface area contributed by atoms with Gasteiger partial charge in [-0.2, -0.15) is 4.98 Å². The number of hydrogen-bond donors (Lipinski definition) is 1. The van der Waals surface area contributed by atoms with Crippen molar-refractivity contribution in [3.8, 4) is 5.88 Å². The highest BCUT2D eigenvalue weighted by Crippen LogP contribution is 2.06. The Kier molecular flexibility index (Phi) is 3.66. The topological polar surface area (TPSA) is 73.1 Å². The Labute approximate surface area is 99.0 Å². The summed E-state index contributed by atoms with van der Waals surface area (Å²) in [6.45, 7) is 2.95. The normalized spacial score (nSPS) is 10.5. The molecule has 2 aromatic rings. The van der Waals surface area contributed by atoms with Gasteiger partial charge in [-0.15, -0.1) is 0 Å². The van der Waals surface area contributed by atoms with Gasteiger partial charge in [-0.1, -0.05) is 11.2 Å². The molecular formula is C11H14N4O2. The van der Waals surface area contributed by atoms with Crippen LogP contribution in [0.4, 0.5) is 0 Å². The van der Waals surface area contributed by atoms with Crippen molar-refractivity contribution in [2.24, 2.45) is 0 Å². The number of hydrogen-bond acceptors (Lipinski definition) is 6. The molecule has 0 saturated carbocycles. The third-order valence-electron chi connectivity index (χ3n) is 2.15. The van der Waals surface area contributed by atoms with E-state index < -0.39 is 0 Å². The molecule has 0 fully saturated rings. The Balaban J connectivity index is 1.85. The molecule has 2 rings (SSSR count). The number of nitrogens with zero attached hydrogens (tertiary/aromatic N) is 3. The molecule has 6 heteroatoms. The van der Waals surface area contributed by atoms with Crippen molar-refractivity contribution >= 4 is 0 Å². The number of aryl methyl sites for hydroxylation is 1. The number of nitrogens with one attached hydrogen (secondary N) is 1. The van der Waals surface area contributed by atoms with Crippen LogP contribution < -0.4 is 10.1 Å². The van der Waals surface area contributed by atoms with Gasteiger partial charge in [0.1, 0.15) is 0 Å². The van der Waals surface area contributed by atoms with Gasteiger partial charge in [-0.05, 0) is 6.07 Å². The molecule has 90 valence electrons. The molecule has 0 spiro atoms. The molecule has 0 amide bonds. The van der Waals surface area contributed by atoms with Gasteiger partial charge in [0.25, 0.3) is 0 Å². The standard InChI is InChI=1S/C11H14N4O2/c1-8-13-10(15-17-8)7-12-6-9-4-3-5-11(14-9)16-2/h3-5,12H,6-7H2,1-2H3. The first kappa shape index (κ1) is 11.5. The first-order chi connectivity index (χ1) is 8.28. The zero-order chi connectivity index (χ0) is 12.1. The summed E-state index contributed by atoms with van der Waals surface area (Å²) in [4.78, 5) is 8.37. The Morgan fingerprint density at radius 1 is 1.29 bits per heavy atom. The van der Waals surface area contributed by atoms with E-state index in [2.05, 4.69) is 20.4 Å². The predicted octanol–water partition coefficient (Wildman–Crippen LogP) is 1.07. The van der Waals surface area contributed by atoms with Gasteiger partial charge in [-0.25, -0.2) is 4.98 Å². The van der Waals surface area contributed by atoms with Crippen molar-refractivity contribution < 1.29 is 9.26 Å². The molecule has 2 aromatic heterocycles. The summed E-state index contributed by atoms with van der Waals surface area (Å²) >= 11 is 0. The van der Waals surface area contributed by atoms with Gasteiger partial charge in [0, 0.05) is 19.5 Å². The van der Waals surface area contributed by atoms with Crippen LogP contribution in [0, 0.1) is 6.92 Å². The lowest BCUT2D eigenvalue weighted by molar-refractivity contribution is 0.385. The van der Waals surface area contributed by atoms with E-state index in [9.17, 15) is 0 Å². The van der Waals surface area contributed by atoms with Crippen molar-refractivity contribution in [1.29, 1.82) is 0 Å². The Morgan fingerprint density at radius 2 is 2.18 bits per heavy atom. The fourth-order valence-corrected chi connectivity index (χ4v) is 1.39. The van der Waals surface area contributed by atoms with E-state index in [0.29, 0.717) is 30.7 Å². The van der Waals surface area contributed by atoms with E-state index in [1.807, 2.05) is 18.2 Å². The highest BCUT2D eigenvalue weighted by molar-refractivity contribution is 5.15. The second-order valence-corrected chi connectivity index (χ2v) is 3.50. The lowest BCUT2D eigenvalue weighted by Crippen LogP contribution is -2.14. The molecule has 1 N–H and O–H groups in total. The van der Waals surface area contributed by atoms with Crippen LogP contribution in [0.2, 0.25) is 0 Å². The summed E-state index contributed by atoms with van der Waals surface area (Å²) in [7, 11) is 1.60. The Bertz CT molecular complexity index is 484. The fraction of sp³-hybridized carbons (Fsp3) is 0.364. The first-order valence-electron chi connectivity index (χ1n) is 5.28. The average molecular weight is 234 g/mol. The maximum absolute atomic E-state index is 5.04. The van der Waals surface area contributed by atoms with Gasteiger partial charge in [0.2, 0.25) is 11.8 Å². The van der Waals surface area contributed by atoms with Crippen molar-refractivity contribution in [3.05, 3.63) is 35.6 Å². The zero-order valence-corrected chi connectivity index (χ0v) is 9.80. The minimum absolute atomic E-state index is 0.552. The molecule has 0 aliphatic carbocycles. The van der Waals surface area contributed by atoms with E-state index in [0.717, 1.165) is 5.69 Å². The zero-order valence-electron chi connectivity index (χ0n) is 9.80. The number of ether oxygens (including phenoxy) is 1. The van der Waals surface area contributed by atoms with E-state index in [1.54, 1.807) is 14.0 Å².